The summed E-state index contributed by atoms with van der Waals surface area (Å²) < 4.78 is 0. The fraction of sp³-hybridized carbons (Fsp3) is 0.647. The fourth-order valence-electron chi connectivity index (χ4n) is 3.02. The zero-order valence-corrected chi connectivity index (χ0v) is 13.0. The molecule has 0 aromatic heterocycles. The number of rotatable bonds is 6. The standard InChI is InChI=1S/C17H29N3/c1-3-4-17(13-18)20-11-9-19(10-12-20)14-16-7-5-15(2)6-8-16/h5-8,17H,3-4,9-14,18H2,1-2H3. The van der Waals surface area contributed by atoms with Crippen LogP contribution in [0.4, 0.5) is 0 Å². The highest BCUT2D eigenvalue weighted by Crippen LogP contribution is 2.13. The summed E-state index contributed by atoms with van der Waals surface area (Å²) in [5.74, 6) is 0. The SMILES string of the molecule is CCCC(CN)N1CCN(Cc2ccc(C)cc2)CC1. The molecule has 1 fully saturated rings. The number of hydrogen-bond acceptors (Lipinski definition) is 3. The van der Waals surface area contributed by atoms with Gasteiger partial charge >= 0.3 is 0 Å². The Hall–Kier alpha value is -0.900. The first kappa shape index (κ1) is 15.5. The molecule has 3 nitrogen and oxygen atoms in total. The van der Waals surface area contributed by atoms with Gasteiger partial charge in [-0.3, -0.25) is 9.80 Å². The van der Waals surface area contributed by atoms with Gasteiger partial charge in [0.15, 0.2) is 0 Å². The van der Waals surface area contributed by atoms with E-state index in [4.69, 9.17) is 5.73 Å². The van der Waals surface area contributed by atoms with Crippen molar-refractivity contribution in [1.82, 2.24) is 9.80 Å². The zero-order valence-electron chi connectivity index (χ0n) is 13.0. The Bertz CT molecular complexity index is 380. The molecule has 1 aromatic carbocycles. The number of piperazine rings is 1. The van der Waals surface area contributed by atoms with Crippen molar-refractivity contribution >= 4 is 0 Å². The van der Waals surface area contributed by atoms with Crippen LogP contribution < -0.4 is 5.73 Å². The van der Waals surface area contributed by atoms with Gasteiger partial charge in [-0.2, -0.15) is 0 Å². The maximum atomic E-state index is 5.91. The third kappa shape index (κ3) is 4.30. The molecule has 0 radical (unpaired) electrons. The highest BCUT2D eigenvalue weighted by molar-refractivity contribution is 5.21. The molecule has 0 bridgehead atoms. The first-order valence-electron chi connectivity index (χ1n) is 7.95. The zero-order chi connectivity index (χ0) is 14.4. The van der Waals surface area contributed by atoms with Crippen LogP contribution in [0.5, 0.6) is 0 Å². The normalized spacial score (nSPS) is 19.1. The molecule has 3 heteroatoms. The van der Waals surface area contributed by atoms with E-state index in [0.29, 0.717) is 6.04 Å². The Morgan fingerprint density at radius 3 is 2.30 bits per heavy atom. The summed E-state index contributed by atoms with van der Waals surface area (Å²) in [6.07, 6.45) is 2.46. The predicted molar refractivity (Wildman–Crippen MR) is 85.8 cm³/mol. The van der Waals surface area contributed by atoms with Crippen molar-refractivity contribution in [3.8, 4) is 0 Å². The molecule has 112 valence electrons. The van der Waals surface area contributed by atoms with Gasteiger partial charge in [0.1, 0.15) is 0 Å². The minimum Gasteiger partial charge on any atom is -0.329 e. The van der Waals surface area contributed by atoms with E-state index in [2.05, 4.69) is 47.9 Å². The van der Waals surface area contributed by atoms with Crippen molar-refractivity contribution in [2.75, 3.05) is 32.7 Å². The molecule has 1 unspecified atom stereocenters. The summed E-state index contributed by atoms with van der Waals surface area (Å²) in [7, 11) is 0. The summed E-state index contributed by atoms with van der Waals surface area (Å²) in [6.45, 7) is 10.9. The quantitative estimate of drug-likeness (QED) is 0.864. The van der Waals surface area contributed by atoms with E-state index in [9.17, 15) is 0 Å². The second-order valence-corrected chi connectivity index (χ2v) is 5.98. The fourth-order valence-corrected chi connectivity index (χ4v) is 3.02. The molecule has 2 rings (SSSR count). The van der Waals surface area contributed by atoms with Gasteiger partial charge in [0, 0.05) is 45.3 Å². The van der Waals surface area contributed by atoms with E-state index in [0.717, 1.165) is 39.3 Å². The average Bonchev–Trinajstić information content (AvgIpc) is 2.48. The molecule has 20 heavy (non-hydrogen) atoms. The van der Waals surface area contributed by atoms with Crippen LogP contribution in [0, 0.1) is 6.92 Å². The number of nitrogens with zero attached hydrogens (tertiary/aromatic N) is 2. The third-order valence-corrected chi connectivity index (χ3v) is 4.34. The maximum Gasteiger partial charge on any atom is 0.0234 e. The van der Waals surface area contributed by atoms with Gasteiger partial charge in [0.2, 0.25) is 0 Å². The highest BCUT2D eigenvalue weighted by atomic mass is 15.3. The minimum atomic E-state index is 0.585. The Morgan fingerprint density at radius 2 is 1.75 bits per heavy atom. The molecule has 1 aromatic rings. The second-order valence-electron chi connectivity index (χ2n) is 5.98. The molecule has 0 amide bonds. The lowest BCUT2D eigenvalue weighted by Gasteiger charge is -2.39. The first-order chi connectivity index (χ1) is 9.72. The first-order valence-corrected chi connectivity index (χ1v) is 7.95. The second kappa shape index (κ2) is 7.77. The molecule has 0 spiro atoms. The summed E-state index contributed by atoms with van der Waals surface area (Å²) in [4.78, 5) is 5.13. The van der Waals surface area contributed by atoms with Gasteiger partial charge in [-0.05, 0) is 18.9 Å². The average molecular weight is 275 g/mol. The minimum absolute atomic E-state index is 0.585. The van der Waals surface area contributed by atoms with Crippen molar-refractivity contribution in [2.24, 2.45) is 5.73 Å². The Kier molecular flexibility index (Phi) is 6.02. The van der Waals surface area contributed by atoms with Crippen LogP contribution in [0.15, 0.2) is 24.3 Å². The molecule has 1 aliphatic rings. The van der Waals surface area contributed by atoms with Gasteiger partial charge in [0.05, 0.1) is 0 Å². The molecule has 2 N–H and O–H groups in total. The van der Waals surface area contributed by atoms with E-state index < -0.39 is 0 Å². The lowest BCUT2D eigenvalue weighted by Crippen LogP contribution is -2.51. The Morgan fingerprint density at radius 1 is 1.10 bits per heavy atom. The van der Waals surface area contributed by atoms with Crippen LogP contribution in [0.25, 0.3) is 0 Å². The molecule has 1 aliphatic heterocycles. The molecular weight excluding hydrogens is 246 g/mol. The molecular formula is C17H29N3. The summed E-state index contributed by atoms with van der Waals surface area (Å²) in [5, 5.41) is 0. The van der Waals surface area contributed by atoms with Crippen molar-refractivity contribution in [3.63, 3.8) is 0 Å². The molecule has 1 saturated heterocycles. The van der Waals surface area contributed by atoms with Crippen LogP contribution >= 0.6 is 0 Å². The van der Waals surface area contributed by atoms with Crippen LogP contribution in [-0.2, 0) is 6.54 Å². The van der Waals surface area contributed by atoms with Gasteiger partial charge in [-0.1, -0.05) is 43.2 Å². The summed E-state index contributed by atoms with van der Waals surface area (Å²) in [6, 6.07) is 9.50. The smallest absolute Gasteiger partial charge is 0.0234 e. The Labute approximate surface area is 123 Å². The van der Waals surface area contributed by atoms with E-state index >= 15 is 0 Å². The molecule has 0 saturated carbocycles. The van der Waals surface area contributed by atoms with Crippen molar-refractivity contribution in [2.45, 2.75) is 39.3 Å². The third-order valence-electron chi connectivity index (χ3n) is 4.34. The van der Waals surface area contributed by atoms with Crippen LogP contribution in [0.2, 0.25) is 0 Å². The van der Waals surface area contributed by atoms with Crippen molar-refractivity contribution in [3.05, 3.63) is 35.4 Å². The van der Waals surface area contributed by atoms with Crippen molar-refractivity contribution < 1.29 is 0 Å². The predicted octanol–water partition coefficient (Wildman–Crippen LogP) is 2.24. The number of aryl methyl sites for hydroxylation is 1. The van der Waals surface area contributed by atoms with E-state index in [-0.39, 0.29) is 0 Å². The van der Waals surface area contributed by atoms with Crippen LogP contribution in [0.1, 0.15) is 30.9 Å². The lowest BCUT2D eigenvalue weighted by atomic mass is 10.1. The maximum absolute atomic E-state index is 5.91. The topological polar surface area (TPSA) is 32.5 Å². The summed E-state index contributed by atoms with van der Waals surface area (Å²) >= 11 is 0. The molecule has 1 atom stereocenters. The highest BCUT2D eigenvalue weighted by Gasteiger charge is 2.22. The lowest BCUT2D eigenvalue weighted by molar-refractivity contribution is 0.0905. The van der Waals surface area contributed by atoms with Crippen LogP contribution in [0.3, 0.4) is 0 Å². The van der Waals surface area contributed by atoms with E-state index in [1.165, 1.54) is 24.0 Å². The van der Waals surface area contributed by atoms with Gasteiger partial charge < -0.3 is 5.73 Å². The van der Waals surface area contributed by atoms with Crippen molar-refractivity contribution in [1.29, 1.82) is 0 Å². The van der Waals surface area contributed by atoms with E-state index in [1.54, 1.807) is 0 Å². The summed E-state index contributed by atoms with van der Waals surface area (Å²) in [5.41, 5.74) is 8.67. The largest absolute Gasteiger partial charge is 0.329 e. The molecule has 1 heterocycles. The Balaban J connectivity index is 1.80. The monoisotopic (exact) mass is 275 g/mol. The van der Waals surface area contributed by atoms with Gasteiger partial charge in [0.25, 0.3) is 0 Å². The number of nitrogens with two attached hydrogens (primary N) is 1. The molecule has 0 aliphatic carbocycles. The van der Waals surface area contributed by atoms with Gasteiger partial charge in [-0.25, -0.2) is 0 Å². The van der Waals surface area contributed by atoms with Gasteiger partial charge in [-0.15, -0.1) is 0 Å². The number of hydrogen-bond donors (Lipinski definition) is 1. The van der Waals surface area contributed by atoms with Crippen LogP contribution in [-0.4, -0.2) is 48.6 Å². The van der Waals surface area contributed by atoms with E-state index in [1.807, 2.05) is 0 Å². The number of benzene rings is 1.